The van der Waals surface area contributed by atoms with Crippen LogP contribution in [0.5, 0.6) is 5.75 Å². The summed E-state index contributed by atoms with van der Waals surface area (Å²) in [6.45, 7) is 0. The summed E-state index contributed by atoms with van der Waals surface area (Å²) in [5.74, 6) is -0.130. The monoisotopic (exact) mass is 264 g/mol. The van der Waals surface area contributed by atoms with E-state index in [1.165, 1.54) is 12.1 Å². The SMILES string of the molecule is O=S1(=O)CCC(Oc2ccc(Cl)c(F)c2)C1. The van der Waals surface area contributed by atoms with Gasteiger partial charge in [0.15, 0.2) is 9.84 Å². The van der Waals surface area contributed by atoms with Crippen molar-refractivity contribution in [2.24, 2.45) is 0 Å². The molecule has 3 nitrogen and oxygen atoms in total. The molecule has 0 amide bonds. The summed E-state index contributed by atoms with van der Waals surface area (Å²) in [7, 11) is -2.98. The van der Waals surface area contributed by atoms with Crippen molar-refractivity contribution in [1.29, 1.82) is 0 Å². The summed E-state index contributed by atoms with van der Waals surface area (Å²) < 4.78 is 40.8. The molecular weight excluding hydrogens is 255 g/mol. The molecule has 0 aromatic heterocycles. The summed E-state index contributed by atoms with van der Waals surface area (Å²) in [6.07, 6.45) is 0.0672. The number of sulfone groups is 1. The molecule has 0 aliphatic carbocycles. The van der Waals surface area contributed by atoms with Gasteiger partial charge in [0.1, 0.15) is 17.7 Å². The zero-order valence-corrected chi connectivity index (χ0v) is 9.89. The highest BCUT2D eigenvalue weighted by Crippen LogP contribution is 2.24. The Hall–Kier alpha value is -0.810. The van der Waals surface area contributed by atoms with Crippen LogP contribution in [0.25, 0.3) is 0 Å². The number of hydrogen-bond donors (Lipinski definition) is 0. The molecule has 1 aromatic rings. The van der Waals surface area contributed by atoms with Gasteiger partial charge in [-0.15, -0.1) is 0 Å². The van der Waals surface area contributed by atoms with Crippen molar-refractivity contribution < 1.29 is 17.5 Å². The maximum Gasteiger partial charge on any atom is 0.154 e. The first-order valence-electron chi connectivity index (χ1n) is 4.78. The summed E-state index contributed by atoms with van der Waals surface area (Å²) in [5.41, 5.74) is 0. The number of benzene rings is 1. The van der Waals surface area contributed by atoms with Crippen LogP contribution < -0.4 is 4.74 Å². The number of ether oxygens (including phenoxy) is 1. The van der Waals surface area contributed by atoms with Crippen LogP contribution in [0, 0.1) is 5.82 Å². The molecule has 1 aliphatic heterocycles. The third-order valence-electron chi connectivity index (χ3n) is 2.38. The van der Waals surface area contributed by atoms with E-state index >= 15 is 0 Å². The quantitative estimate of drug-likeness (QED) is 0.821. The maximum absolute atomic E-state index is 13.1. The zero-order valence-electron chi connectivity index (χ0n) is 8.32. The molecule has 0 bridgehead atoms. The van der Waals surface area contributed by atoms with E-state index in [1.807, 2.05) is 0 Å². The van der Waals surface area contributed by atoms with Crippen molar-refractivity contribution in [3.05, 3.63) is 29.0 Å². The fraction of sp³-hybridized carbons (Fsp3) is 0.400. The van der Waals surface area contributed by atoms with Gasteiger partial charge in [0.2, 0.25) is 0 Å². The molecule has 1 aromatic carbocycles. The Morgan fingerprint density at radius 2 is 2.19 bits per heavy atom. The van der Waals surface area contributed by atoms with E-state index in [1.54, 1.807) is 0 Å². The minimum absolute atomic E-state index is 0.00273. The molecule has 1 atom stereocenters. The average molecular weight is 265 g/mol. The lowest BCUT2D eigenvalue weighted by atomic mass is 10.3. The van der Waals surface area contributed by atoms with Crippen LogP contribution in [0.15, 0.2) is 18.2 Å². The summed E-state index contributed by atoms with van der Waals surface area (Å²) in [5, 5.41) is 0.0198. The van der Waals surface area contributed by atoms with Crippen LogP contribution in [-0.4, -0.2) is 26.0 Å². The molecule has 1 saturated heterocycles. The highest BCUT2D eigenvalue weighted by molar-refractivity contribution is 7.91. The van der Waals surface area contributed by atoms with Crippen molar-refractivity contribution in [3.63, 3.8) is 0 Å². The number of hydrogen-bond acceptors (Lipinski definition) is 3. The van der Waals surface area contributed by atoms with E-state index in [4.69, 9.17) is 16.3 Å². The smallest absolute Gasteiger partial charge is 0.154 e. The first-order valence-corrected chi connectivity index (χ1v) is 6.98. The zero-order chi connectivity index (χ0) is 11.8. The highest BCUT2D eigenvalue weighted by Gasteiger charge is 2.29. The lowest BCUT2D eigenvalue weighted by molar-refractivity contribution is 0.228. The molecule has 0 N–H and O–H groups in total. The number of halogens is 2. The third-order valence-corrected chi connectivity index (χ3v) is 4.43. The Balaban J connectivity index is 2.08. The van der Waals surface area contributed by atoms with Crippen LogP contribution in [0.4, 0.5) is 4.39 Å². The van der Waals surface area contributed by atoms with Crippen molar-refractivity contribution in [1.82, 2.24) is 0 Å². The van der Waals surface area contributed by atoms with Crippen molar-refractivity contribution in [2.75, 3.05) is 11.5 Å². The molecule has 88 valence electrons. The van der Waals surface area contributed by atoms with Crippen LogP contribution >= 0.6 is 11.6 Å². The highest BCUT2D eigenvalue weighted by atomic mass is 35.5. The molecule has 2 rings (SSSR count). The van der Waals surface area contributed by atoms with Gasteiger partial charge >= 0.3 is 0 Å². The van der Waals surface area contributed by atoms with Crippen LogP contribution in [0.2, 0.25) is 5.02 Å². The second-order valence-electron chi connectivity index (χ2n) is 3.72. The Labute approximate surface area is 98.1 Å². The summed E-state index contributed by atoms with van der Waals surface area (Å²) in [4.78, 5) is 0. The first-order chi connectivity index (χ1) is 7.46. The Morgan fingerprint density at radius 1 is 1.44 bits per heavy atom. The second kappa shape index (κ2) is 4.22. The van der Waals surface area contributed by atoms with E-state index in [2.05, 4.69) is 0 Å². The van der Waals surface area contributed by atoms with E-state index in [9.17, 15) is 12.8 Å². The first kappa shape index (κ1) is 11.7. The number of rotatable bonds is 2. The largest absolute Gasteiger partial charge is 0.489 e. The van der Waals surface area contributed by atoms with Gasteiger partial charge in [-0.2, -0.15) is 0 Å². The van der Waals surface area contributed by atoms with Gasteiger partial charge in [-0.25, -0.2) is 12.8 Å². The van der Waals surface area contributed by atoms with Gasteiger partial charge in [-0.1, -0.05) is 11.6 Å². The molecule has 0 radical (unpaired) electrons. The van der Waals surface area contributed by atoms with Crippen molar-refractivity contribution in [3.8, 4) is 5.75 Å². The molecule has 0 saturated carbocycles. The van der Waals surface area contributed by atoms with Crippen molar-refractivity contribution >= 4 is 21.4 Å². The standard InChI is InChI=1S/C10H10ClFO3S/c11-9-2-1-7(5-10(9)12)15-8-3-4-16(13,14)6-8/h1-2,5,8H,3-4,6H2. The van der Waals surface area contributed by atoms with Crippen LogP contribution in [0.1, 0.15) is 6.42 Å². The molecular formula is C10H10ClFO3S. The van der Waals surface area contributed by atoms with Crippen molar-refractivity contribution in [2.45, 2.75) is 12.5 Å². The van der Waals surface area contributed by atoms with Gasteiger partial charge in [-0.3, -0.25) is 0 Å². The molecule has 6 heteroatoms. The van der Waals surface area contributed by atoms with E-state index in [0.29, 0.717) is 12.2 Å². The lowest BCUT2D eigenvalue weighted by Gasteiger charge is -2.11. The fourth-order valence-corrected chi connectivity index (χ4v) is 3.30. The molecule has 1 unspecified atom stereocenters. The van der Waals surface area contributed by atoms with Gasteiger partial charge in [0, 0.05) is 6.07 Å². The predicted octanol–water partition coefficient (Wildman–Crippen LogP) is 2.04. The normalized spacial score (nSPS) is 23.2. The van der Waals surface area contributed by atoms with Gasteiger partial charge in [0.25, 0.3) is 0 Å². The fourth-order valence-electron chi connectivity index (χ4n) is 1.60. The van der Waals surface area contributed by atoms with Gasteiger partial charge in [-0.05, 0) is 18.6 Å². The maximum atomic E-state index is 13.1. The molecule has 1 fully saturated rings. The van der Waals surface area contributed by atoms with Gasteiger partial charge in [0.05, 0.1) is 16.5 Å². The molecule has 1 heterocycles. The van der Waals surface area contributed by atoms with Crippen LogP contribution in [-0.2, 0) is 9.84 Å². The molecule has 1 aliphatic rings. The Morgan fingerprint density at radius 3 is 2.75 bits per heavy atom. The van der Waals surface area contributed by atoms with Gasteiger partial charge < -0.3 is 4.74 Å². The third kappa shape index (κ3) is 2.65. The van der Waals surface area contributed by atoms with E-state index in [0.717, 1.165) is 6.07 Å². The molecule has 16 heavy (non-hydrogen) atoms. The predicted molar refractivity (Wildman–Crippen MR) is 59.1 cm³/mol. The van der Waals surface area contributed by atoms with Crippen LogP contribution in [0.3, 0.4) is 0 Å². The molecule has 0 spiro atoms. The van der Waals surface area contributed by atoms with E-state index in [-0.39, 0.29) is 22.6 Å². The summed E-state index contributed by atoms with van der Waals surface area (Å²) in [6, 6.07) is 4.07. The second-order valence-corrected chi connectivity index (χ2v) is 6.35. The summed E-state index contributed by atoms with van der Waals surface area (Å²) >= 11 is 5.52. The Bertz CT molecular complexity index is 501. The average Bonchev–Trinajstić information content (AvgIpc) is 2.52. The van der Waals surface area contributed by atoms with E-state index < -0.39 is 15.7 Å². The lowest BCUT2D eigenvalue weighted by Crippen LogP contribution is -2.17. The minimum Gasteiger partial charge on any atom is -0.489 e. The Kier molecular flexibility index (Phi) is 3.08. The topological polar surface area (TPSA) is 43.4 Å². The minimum atomic E-state index is -2.98.